The fourth-order valence-electron chi connectivity index (χ4n) is 9.86. The van der Waals surface area contributed by atoms with Crippen LogP contribution in [-0.2, 0) is 28.5 Å². The van der Waals surface area contributed by atoms with E-state index in [2.05, 4.69) is 6.92 Å². The first-order valence-electron chi connectivity index (χ1n) is 14.8. The van der Waals surface area contributed by atoms with E-state index in [-0.39, 0.29) is 59.8 Å². The van der Waals surface area contributed by atoms with E-state index in [1.165, 1.54) is 6.08 Å². The van der Waals surface area contributed by atoms with Crippen LogP contribution in [0.15, 0.2) is 11.6 Å². The number of rotatable bonds is 4. The quantitative estimate of drug-likeness (QED) is 0.358. The fraction of sp³-hybridized carbons (Fsp3) is 0.867. The zero-order chi connectivity index (χ0) is 27.9. The Kier molecular flexibility index (Phi) is 6.84. The van der Waals surface area contributed by atoms with Gasteiger partial charge in [-0.25, -0.2) is 4.79 Å². The van der Waals surface area contributed by atoms with Crippen molar-refractivity contribution in [2.24, 2.45) is 34.5 Å². The van der Waals surface area contributed by atoms with Crippen LogP contribution in [0.1, 0.15) is 72.1 Å². The standard InChI is InChI=1S/C30H44O9/c1-15-25(32)21(36-4)13-23(38-15)39-18-7-9-28(2)17(12-18)5-6-20-24(28)26(33)27(34)29(3)19(8-10-30(20,29)35)16-11-22(31)37-14-16/h11,15,17-21,23-26,32-33,35H,5-10,12-14H2,1-4H3/t15-,17+,18-,19+,20-,21-,23+,24-,25-,26+,28-,29-,30+/m1/s1. The number of ketones is 1. The normalized spacial score (nSPS) is 53.5. The summed E-state index contributed by atoms with van der Waals surface area (Å²) in [6.07, 6.45) is 4.01. The van der Waals surface area contributed by atoms with Crippen molar-refractivity contribution in [1.82, 2.24) is 0 Å². The van der Waals surface area contributed by atoms with E-state index in [0.29, 0.717) is 19.3 Å². The highest BCUT2D eigenvalue weighted by atomic mass is 16.7. The van der Waals surface area contributed by atoms with Crippen molar-refractivity contribution < 1.29 is 43.9 Å². The predicted molar refractivity (Wildman–Crippen MR) is 138 cm³/mol. The van der Waals surface area contributed by atoms with Gasteiger partial charge in [-0.15, -0.1) is 0 Å². The lowest BCUT2D eigenvalue weighted by atomic mass is 9.42. The lowest BCUT2D eigenvalue weighted by Crippen LogP contribution is -2.70. The highest BCUT2D eigenvalue weighted by molar-refractivity contribution is 5.93. The van der Waals surface area contributed by atoms with Crippen LogP contribution in [0.4, 0.5) is 0 Å². The minimum atomic E-state index is -1.23. The maximum atomic E-state index is 14.1. The molecule has 0 amide bonds. The number of Topliss-reactive ketones (excluding diaryl/α,β-unsaturated/α-hetero) is 1. The van der Waals surface area contributed by atoms with Crippen LogP contribution < -0.4 is 0 Å². The van der Waals surface area contributed by atoms with E-state index < -0.39 is 35.5 Å². The molecule has 4 aliphatic carbocycles. The minimum Gasteiger partial charge on any atom is -0.458 e. The minimum absolute atomic E-state index is 0.0166. The predicted octanol–water partition coefficient (Wildman–Crippen LogP) is 2.29. The van der Waals surface area contributed by atoms with Gasteiger partial charge in [0.1, 0.15) is 18.8 Å². The van der Waals surface area contributed by atoms with Crippen molar-refractivity contribution in [2.45, 2.75) is 115 Å². The number of hydrogen-bond acceptors (Lipinski definition) is 9. The van der Waals surface area contributed by atoms with Gasteiger partial charge in [0.15, 0.2) is 12.1 Å². The highest BCUT2D eigenvalue weighted by Gasteiger charge is 2.73. The monoisotopic (exact) mass is 548 g/mol. The summed E-state index contributed by atoms with van der Waals surface area (Å²) in [5.41, 5.74) is -1.91. The molecule has 9 nitrogen and oxygen atoms in total. The molecular formula is C30H44O9. The summed E-state index contributed by atoms with van der Waals surface area (Å²) in [7, 11) is 1.59. The van der Waals surface area contributed by atoms with E-state index in [9.17, 15) is 24.9 Å². The van der Waals surface area contributed by atoms with E-state index in [4.69, 9.17) is 18.9 Å². The summed E-state index contributed by atoms with van der Waals surface area (Å²) >= 11 is 0. The van der Waals surface area contributed by atoms with Crippen molar-refractivity contribution in [3.63, 3.8) is 0 Å². The van der Waals surface area contributed by atoms with Crippen LogP contribution in [0.25, 0.3) is 0 Å². The number of methoxy groups -OCH3 is 1. The molecule has 39 heavy (non-hydrogen) atoms. The van der Waals surface area contributed by atoms with Crippen LogP contribution in [0.3, 0.4) is 0 Å². The van der Waals surface area contributed by atoms with Crippen molar-refractivity contribution in [1.29, 1.82) is 0 Å². The van der Waals surface area contributed by atoms with Gasteiger partial charge in [0, 0.05) is 25.5 Å². The van der Waals surface area contributed by atoms with Crippen molar-refractivity contribution in [2.75, 3.05) is 13.7 Å². The second kappa shape index (κ2) is 9.60. The number of cyclic esters (lactones) is 1. The molecule has 2 aliphatic heterocycles. The third-order valence-corrected chi connectivity index (χ3v) is 12.1. The van der Waals surface area contributed by atoms with Gasteiger partial charge in [-0.2, -0.15) is 0 Å². The molecule has 6 rings (SSSR count). The van der Waals surface area contributed by atoms with Crippen LogP contribution in [0.5, 0.6) is 0 Å². The third kappa shape index (κ3) is 3.94. The molecule has 13 atom stereocenters. The molecule has 0 aromatic rings. The zero-order valence-electron chi connectivity index (χ0n) is 23.5. The Morgan fingerprint density at radius 1 is 1.05 bits per heavy atom. The maximum Gasteiger partial charge on any atom is 0.331 e. The smallest absolute Gasteiger partial charge is 0.331 e. The number of carbonyl (C=O) groups excluding carboxylic acids is 2. The molecule has 0 unspecified atom stereocenters. The molecule has 0 spiro atoms. The van der Waals surface area contributed by atoms with Crippen LogP contribution in [0.2, 0.25) is 0 Å². The van der Waals surface area contributed by atoms with Crippen LogP contribution >= 0.6 is 0 Å². The zero-order valence-corrected chi connectivity index (χ0v) is 23.5. The Hall–Kier alpha value is -1.36. The van der Waals surface area contributed by atoms with Crippen molar-refractivity contribution in [3.8, 4) is 0 Å². The van der Waals surface area contributed by atoms with Gasteiger partial charge in [0.05, 0.1) is 29.3 Å². The number of aliphatic hydroxyl groups is 3. The van der Waals surface area contributed by atoms with Crippen molar-refractivity contribution in [3.05, 3.63) is 11.6 Å². The molecule has 3 N–H and O–H groups in total. The molecule has 6 aliphatic rings. The Labute approximate surface area is 230 Å². The maximum absolute atomic E-state index is 14.1. The molecule has 218 valence electrons. The second-order valence-corrected chi connectivity index (χ2v) is 13.6. The molecule has 0 bridgehead atoms. The summed E-state index contributed by atoms with van der Waals surface area (Å²) in [5.74, 6) is -1.26. The van der Waals surface area contributed by atoms with Gasteiger partial charge in [-0.05, 0) is 87.5 Å². The summed E-state index contributed by atoms with van der Waals surface area (Å²) < 4.78 is 23.0. The van der Waals surface area contributed by atoms with Crippen LogP contribution in [0, 0.1) is 34.5 Å². The third-order valence-electron chi connectivity index (χ3n) is 12.1. The highest BCUT2D eigenvalue weighted by Crippen LogP contribution is 2.69. The summed E-state index contributed by atoms with van der Waals surface area (Å²) in [6.45, 7) is 5.99. The number of hydrogen-bond donors (Lipinski definition) is 3. The molecule has 0 aromatic heterocycles. The van der Waals surface area contributed by atoms with E-state index in [1.807, 2.05) is 13.8 Å². The van der Waals surface area contributed by atoms with Gasteiger partial charge >= 0.3 is 5.97 Å². The number of carbonyl (C=O) groups is 2. The molecule has 2 heterocycles. The Bertz CT molecular complexity index is 1040. The van der Waals surface area contributed by atoms with Gasteiger partial charge in [0.2, 0.25) is 0 Å². The Balaban J connectivity index is 1.21. The largest absolute Gasteiger partial charge is 0.458 e. The molecular weight excluding hydrogens is 504 g/mol. The van der Waals surface area contributed by atoms with Gasteiger partial charge < -0.3 is 34.3 Å². The Morgan fingerprint density at radius 3 is 2.51 bits per heavy atom. The van der Waals surface area contributed by atoms with E-state index >= 15 is 0 Å². The molecule has 4 saturated carbocycles. The molecule has 5 fully saturated rings. The lowest BCUT2D eigenvalue weighted by molar-refractivity contribution is -0.275. The van der Waals surface area contributed by atoms with Crippen LogP contribution in [-0.4, -0.2) is 83.2 Å². The Morgan fingerprint density at radius 2 is 1.82 bits per heavy atom. The number of ether oxygens (including phenoxy) is 4. The van der Waals surface area contributed by atoms with Gasteiger partial charge in [-0.1, -0.05) is 6.92 Å². The lowest BCUT2D eigenvalue weighted by Gasteiger charge is -2.64. The number of esters is 1. The van der Waals surface area contributed by atoms with E-state index in [0.717, 1.165) is 37.7 Å². The van der Waals surface area contributed by atoms with E-state index in [1.54, 1.807) is 7.11 Å². The van der Waals surface area contributed by atoms with Crippen molar-refractivity contribution >= 4 is 11.8 Å². The number of fused-ring (bicyclic) bond motifs is 5. The second-order valence-electron chi connectivity index (χ2n) is 13.6. The first kappa shape index (κ1) is 27.8. The molecule has 1 saturated heterocycles. The molecule has 0 radical (unpaired) electrons. The molecule has 0 aromatic carbocycles. The first-order chi connectivity index (χ1) is 18.4. The summed E-state index contributed by atoms with van der Waals surface area (Å²) in [4.78, 5) is 25.9. The first-order valence-corrected chi connectivity index (χ1v) is 14.8. The SMILES string of the molecule is CO[C@@H]1C[C@H](O[C@@H]2CC[C@]3(C)[C@@H](CC[C@@H]4[C@@H]3[C@H](O)C(=O)[C@@]3(C)[C@H](C5=CC(=O)OC5)CC[C@]43O)C2)O[C@H](C)[C@H]1O. The van der Waals surface area contributed by atoms with Gasteiger partial charge in [0.25, 0.3) is 0 Å². The molecule has 9 heteroatoms. The summed E-state index contributed by atoms with van der Waals surface area (Å²) in [6, 6.07) is 0. The average molecular weight is 549 g/mol. The number of aliphatic hydroxyl groups excluding tert-OH is 2. The topological polar surface area (TPSA) is 132 Å². The van der Waals surface area contributed by atoms with Gasteiger partial charge in [-0.3, -0.25) is 4.79 Å². The average Bonchev–Trinajstić information content (AvgIpc) is 3.45. The summed E-state index contributed by atoms with van der Waals surface area (Å²) in [5, 5.41) is 34.3. The fourth-order valence-corrected chi connectivity index (χ4v) is 9.86.